The van der Waals surface area contributed by atoms with Gasteiger partial charge in [0, 0.05) is 30.8 Å². The highest BCUT2D eigenvalue weighted by atomic mass is 16.5. The van der Waals surface area contributed by atoms with Gasteiger partial charge in [-0.2, -0.15) is 10.2 Å². The van der Waals surface area contributed by atoms with Crippen molar-refractivity contribution < 1.29 is 9.53 Å². The van der Waals surface area contributed by atoms with Gasteiger partial charge in [-0.3, -0.25) is 9.48 Å². The Balaban J connectivity index is 1.40. The van der Waals surface area contributed by atoms with E-state index < -0.39 is 0 Å². The highest BCUT2D eigenvalue weighted by Crippen LogP contribution is 2.34. The van der Waals surface area contributed by atoms with Crippen molar-refractivity contribution in [1.29, 1.82) is 0 Å². The lowest BCUT2D eigenvalue weighted by atomic mass is 9.78. The van der Waals surface area contributed by atoms with Crippen molar-refractivity contribution in [2.75, 3.05) is 11.9 Å². The number of nitrogens with one attached hydrogen (secondary N) is 1. The fraction of sp³-hybridized carbons (Fsp3) is 0.450. The molecule has 5 rings (SSSR count). The lowest BCUT2D eigenvalue weighted by molar-refractivity contribution is -0.117. The number of ether oxygens (including phenoxy) is 1. The number of carbonyl (C=O) groups excluding carboxylic acids is 1. The summed E-state index contributed by atoms with van der Waals surface area (Å²) in [5.41, 5.74) is 8.85. The van der Waals surface area contributed by atoms with E-state index in [4.69, 9.17) is 10.5 Å². The number of anilines is 1. The number of fused-ring (bicyclic) bond motifs is 1. The number of amides is 1. The summed E-state index contributed by atoms with van der Waals surface area (Å²) in [5, 5.41) is 11.7. The van der Waals surface area contributed by atoms with Crippen molar-refractivity contribution in [1.82, 2.24) is 19.4 Å². The first-order valence-corrected chi connectivity index (χ1v) is 9.75. The minimum Gasteiger partial charge on any atom is -0.488 e. The summed E-state index contributed by atoms with van der Waals surface area (Å²) in [4.78, 5) is 12.0. The van der Waals surface area contributed by atoms with Crippen molar-refractivity contribution in [3.05, 3.63) is 30.6 Å². The second kappa shape index (κ2) is 6.34. The molecule has 0 radical (unpaired) electrons. The molecule has 28 heavy (non-hydrogen) atoms. The van der Waals surface area contributed by atoms with E-state index in [0.29, 0.717) is 12.4 Å². The molecule has 146 valence electrons. The third-order valence-corrected chi connectivity index (χ3v) is 5.71. The Bertz CT molecular complexity index is 1040. The minimum absolute atomic E-state index is 0.0534. The summed E-state index contributed by atoms with van der Waals surface area (Å²) in [6.07, 6.45) is 8.72. The van der Waals surface area contributed by atoms with Crippen LogP contribution in [0.5, 0.6) is 5.75 Å². The maximum atomic E-state index is 12.0. The molecule has 3 aromatic rings. The van der Waals surface area contributed by atoms with E-state index in [0.717, 1.165) is 54.6 Å². The number of pyridine rings is 1. The number of aromatic nitrogens is 4. The number of nitrogens with zero attached hydrogens (tertiary/aromatic N) is 4. The number of aryl methyl sites for hydroxylation is 1. The first-order chi connectivity index (χ1) is 13.5. The Kier molecular flexibility index (Phi) is 3.90. The summed E-state index contributed by atoms with van der Waals surface area (Å²) >= 11 is 0. The van der Waals surface area contributed by atoms with E-state index in [9.17, 15) is 4.79 Å². The average molecular weight is 380 g/mol. The molecule has 3 aromatic heterocycles. The number of nitrogens with two attached hydrogens (primary N) is 1. The van der Waals surface area contributed by atoms with E-state index in [1.54, 1.807) is 15.4 Å². The zero-order valence-electron chi connectivity index (χ0n) is 15.9. The van der Waals surface area contributed by atoms with E-state index in [-0.39, 0.29) is 17.4 Å². The zero-order chi connectivity index (χ0) is 19.3. The van der Waals surface area contributed by atoms with E-state index >= 15 is 0 Å². The van der Waals surface area contributed by atoms with Gasteiger partial charge >= 0.3 is 0 Å². The van der Waals surface area contributed by atoms with Gasteiger partial charge in [-0.25, -0.2) is 4.52 Å². The molecule has 0 aromatic carbocycles. The fourth-order valence-corrected chi connectivity index (χ4v) is 3.63. The Morgan fingerprint density at radius 2 is 2.21 bits per heavy atom. The minimum atomic E-state index is -0.211. The number of hydrogen-bond acceptors (Lipinski definition) is 5. The van der Waals surface area contributed by atoms with Crippen molar-refractivity contribution in [2.24, 2.45) is 18.7 Å². The number of carbonyl (C=O) groups is 1. The van der Waals surface area contributed by atoms with Crippen LogP contribution in [0.2, 0.25) is 0 Å². The quantitative estimate of drug-likeness (QED) is 0.684. The van der Waals surface area contributed by atoms with Crippen LogP contribution >= 0.6 is 0 Å². The zero-order valence-corrected chi connectivity index (χ0v) is 15.9. The van der Waals surface area contributed by atoms with Crippen LogP contribution < -0.4 is 15.8 Å². The summed E-state index contributed by atoms with van der Waals surface area (Å²) in [5.74, 6) is 1.50. The van der Waals surface area contributed by atoms with Crippen molar-refractivity contribution in [2.45, 2.75) is 37.6 Å². The largest absolute Gasteiger partial charge is 0.488 e. The molecule has 1 amide bonds. The molecule has 0 saturated heterocycles. The first kappa shape index (κ1) is 17.2. The van der Waals surface area contributed by atoms with Crippen LogP contribution in [0, 0.1) is 5.92 Å². The third-order valence-electron chi connectivity index (χ3n) is 5.71. The molecular formula is C20H24N6O2. The molecule has 0 aliphatic heterocycles. The van der Waals surface area contributed by atoms with Crippen LogP contribution in [0.15, 0.2) is 30.6 Å². The maximum absolute atomic E-state index is 12.0. The normalized spacial score (nSPS) is 18.1. The molecule has 8 heteroatoms. The van der Waals surface area contributed by atoms with Crippen molar-refractivity contribution in [3.63, 3.8) is 0 Å². The van der Waals surface area contributed by atoms with E-state index in [1.807, 2.05) is 31.4 Å². The van der Waals surface area contributed by atoms with Gasteiger partial charge in [-0.05, 0) is 44.2 Å². The molecule has 3 N–H and O–H groups in total. The Morgan fingerprint density at radius 3 is 2.93 bits per heavy atom. The van der Waals surface area contributed by atoms with Gasteiger partial charge in [0.1, 0.15) is 12.3 Å². The molecule has 2 saturated carbocycles. The van der Waals surface area contributed by atoms with E-state index in [2.05, 4.69) is 15.5 Å². The molecular weight excluding hydrogens is 356 g/mol. The smallest absolute Gasteiger partial charge is 0.228 e. The molecule has 0 unspecified atom stereocenters. The highest BCUT2D eigenvalue weighted by Gasteiger charge is 2.34. The van der Waals surface area contributed by atoms with Crippen LogP contribution in [0.25, 0.3) is 16.8 Å². The second-order valence-corrected chi connectivity index (χ2v) is 8.06. The molecule has 0 bridgehead atoms. The lowest BCUT2D eigenvalue weighted by Crippen LogP contribution is -2.51. The molecule has 2 fully saturated rings. The Morgan fingerprint density at radius 1 is 1.39 bits per heavy atom. The van der Waals surface area contributed by atoms with Crippen molar-refractivity contribution >= 4 is 17.2 Å². The van der Waals surface area contributed by atoms with Crippen LogP contribution in [0.4, 0.5) is 5.82 Å². The number of hydrogen-bond donors (Lipinski definition) is 2. The average Bonchev–Trinajstić information content (AvgIpc) is 3.33. The predicted molar refractivity (Wildman–Crippen MR) is 105 cm³/mol. The monoisotopic (exact) mass is 380 g/mol. The first-order valence-electron chi connectivity index (χ1n) is 9.75. The highest BCUT2D eigenvalue weighted by molar-refractivity contribution is 5.93. The Labute approximate surface area is 162 Å². The molecule has 2 aliphatic rings. The van der Waals surface area contributed by atoms with Gasteiger partial charge in [0.25, 0.3) is 0 Å². The second-order valence-electron chi connectivity index (χ2n) is 8.06. The summed E-state index contributed by atoms with van der Waals surface area (Å²) in [7, 11) is 1.89. The van der Waals surface area contributed by atoms with Crippen molar-refractivity contribution in [3.8, 4) is 17.0 Å². The maximum Gasteiger partial charge on any atom is 0.228 e. The van der Waals surface area contributed by atoms with Crippen LogP contribution in [0.1, 0.15) is 32.1 Å². The number of rotatable bonds is 6. The van der Waals surface area contributed by atoms with Gasteiger partial charge in [-0.1, -0.05) is 0 Å². The molecule has 2 aliphatic carbocycles. The van der Waals surface area contributed by atoms with Crippen LogP contribution in [-0.4, -0.2) is 37.4 Å². The van der Waals surface area contributed by atoms with Crippen LogP contribution in [0.3, 0.4) is 0 Å². The van der Waals surface area contributed by atoms with E-state index in [1.165, 1.54) is 0 Å². The lowest BCUT2D eigenvalue weighted by Gasteiger charge is -2.37. The van der Waals surface area contributed by atoms with Gasteiger partial charge < -0.3 is 15.8 Å². The fourth-order valence-electron chi connectivity index (χ4n) is 3.63. The Hall–Kier alpha value is -2.87. The molecule has 8 nitrogen and oxygen atoms in total. The summed E-state index contributed by atoms with van der Waals surface area (Å²) < 4.78 is 9.59. The molecule has 0 atom stereocenters. The predicted octanol–water partition coefficient (Wildman–Crippen LogP) is 2.34. The SMILES string of the molecule is Cn1ncc(OCC2(N)CCC2)c1-c1ccn2nc(NC(=O)C3CC3)cc2c1. The molecule has 0 spiro atoms. The van der Waals surface area contributed by atoms with Gasteiger partial charge in [0.2, 0.25) is 5.91 Å². The summed E-state index contributed by atoms with van der Waals surface area (Å²) in [6.45, 7) is 0.498. The molecule has 3 heterocycles. The standard InChI is InChI=1S/C20H24N6O2/c1-25-18(16(11-22-25)28-12-20(21)6-2-7-20)14-5-8-26-15(9-14)10-17(24-26)23-19(27)13-3-4-13/h5,8-11,13H,2-4,6-7,12,21H2,1H3,(H,23,24,27). The third kappa shape index (κ3) is 3.13. The van der Waals surface area contributed by atoms with Crippen LogP contribution in [-0.2, 0) is 11.8 Å². The van der Waals surface area contributed by atoms with Gasteiger partial charge in [-0.15, -0.1) is 0 Å². The van der Waals surface area contributed by atoms with Gasteiger partial charge in [0.15, 0.2) is 11.6 Å². The topological polar surface area (TPSA) is 99.5 Å². The summed E-state index contributed by atoms with van der Waals surface area (Å²) in [6, 6.07) is 5.87. The van der Waals surface area contributed by atoms with Gasteiger partial charge in [0.05, 0.1) is 17.3 Å².